The van der Waals surface area contributed by atoms with E-state index in [1.807, 2.05) is 42.6 Å². The number of aromatic amines is 1. The molecule has 1 aromatic carbocycles. The fraction of sp³-hybridized carbons (Fsp3) is 0.238. The summed E-state index contributed by atoms with van der Waals surface area (Å²) < 4.78 is 11.6. The second-order valence-corrected chi connectivity index (χ2v) is 6.78. The second-order valence-electron chi connectivity index (χ2n) is 6.78. The summed E-state index contributed by atoms with van der Waals surface area (Å²) in [5.74, 6) is 1.92. The highest BCUT2D eigenvalue weighted by Gasteiger charge is 2.31. The highest BCUT2D eigenvalue weighted by molar-refractivity contribution is 5.83. The van der Waals surface area contributed by atoms with Crippen LogP contribution in [0.5, 0.6) is 11.8 Å². The van der Waals surface area contributed by atoms with E-state index in [1.54, 1.807) is 7.11 Å². The molecule has 3 heterocycles. The monoisotopic (exact) mass is 373 g/mol. The zero-order valence-corrected chi connectivity index (χ0v) is 15.4. The summed E-state index contributed by atoms with van der Waals surface area (Å²) in [6.07, 6.45) is 5.59. The van der Waals surface area contributed by atoms with E-state index < -0.39 is 0 Å². The minimum Gasteiger partial charge on any atom is -0.480 e. The summed E-state index contributed by atoms with van der Waals surface area (Å²) in [6, 6.07) is 11.9. The van der Waals surface area contributed by atoms with Crippen molar-refractivity contribution < 1.29 is 9.47 Å². The van der Waals surface area contributed by atoms with Gasteiger partial charge in [0.1, 0.15) is 24.0 Å². The van der Waals surface area contributed by atoms with Crippen molar-refractivity contribution in [3.8, 4) is 23.1 Å². The lowest BCUT2D eigenvalue weighted by molar-refractivity contribution is 0.297. The molecule has 1 N–H and O–H groups in total. The molecular formula is C21H19N5O2. The molecule has 28 heavy (non-hydrogen) atoms. The number of H-pyrrole nitrogens is 1. The van der Waals surface area contributed by atoms with Gasteiger partial charge in [-0.15, -0.1) is 0 Å². The first-order valence-corrected chi connectivity index (χ1v) is 9.24. The maximum Gasteiger partial charge on any atom is 0.242 e. The van der Waals surface area contributed by atoms with Crippen LogP contribution in [0.3, 0.4) is 0 Å². The van der Waals surface area contributed by atoms with Crippen LogP contribution < -0.4 is 9.47 Å². The van der Waals surface area contributed by atoms with Gasteiger partial charge in [0.25, 0.3) is 0 Å². The third-order valence-corrected chi connectivity index (χ3v) is 4.81. The zero-order valence-electron chi connectivity index (χ0n) is 15.4. The standard InChI is InChI=1S/C21H19N5O2/c1-27-20-16(17(14-7-8-14)23-12-24-20)19-25-15-9-10-22-18(15)21(26-19)28-11-13-5-3-2-4-6-13/h2-6,9-10,12,14,22H,7-8,11H2,1H3. The van der Waals surface area contributed by atoms with Crippen LogP contribution in [0.25, 0.3) is 22.4 Å². The van der Waals surface area contributed by atoms with E-state index >= 15 is 0 Å². The van der Waals surface area contributed by atoms with Crippen LogP contribution >= 0.6 is 0 Å². The number of methoxy groups -OCH3 is 1. The van der Waals surface area contributed by atoms with Crippen LogP contribution in [0.1, 0.15) is 30.0 Å². The summed E-state index contributed by atoms with van der Waals surface area (Å²) >= 11 is 0. The van der Waals surface area contributed by atoms with Crippen molar-refractivity contribution in [1.82, 2.24) is 24.9 Å². The summed E-state index contributed by atoms with van der Waals surface area (Å²) in [6.45, 7) is 0.420. The Morgan fingerprint density at radius 2 is 1.89 bits per heavy atom. The number of rotatable bonds is 6. The van der Waals surface area contributed by atoms with Gasteiger partial charge >= 0.3 is 0 Å². The lowest BCUT2D eigenvalue weighted by Crippen LogP contribution is -2.04. The highest BCUT2D eigenvalue weighted by Crippen LogP contribution is 2.45. The number of nitrogens with zero attached hydrogens (tertiary/aromatic N) is 4. The maximum absolute atomic E-state index is 6.05. The summed E-state index contributed by atoms with van der Waals surface area (Å²) in [4.78, 5) is 21.4. The van der Waals surface area contributed by atoms with E-state index in [9.17, 15) is 0 Å². The normalized spacial score (nSPS) is 13.6. The van der Waals surface area contributed by atoms with Gasteiger partial charge < -0.3 is 14.5 Å². The molecule has 0 aliphatic heterocycles. The van der Waals surface area contributed by atoms with Gasteiger partial charge in [0.15, 0.2) is 5.82 Å². The first-order valence-electron chi connectivity index (χ1n) is 9.24. The Hall–Kier alpha value is -3.48. The minimum absolute atomic E-state index is 0.408. The van der Waals surface area contributed by atoms with Gasteiger partial charge in [-0.25, -0.2) is 15.0 Å². The van der Waals surface area contributed by atoms with Gasteiger partial charge in [-0.2, -0.15) is 4.98 Å². The molecule has 0 bridgehead atoms. The summed E-state index contributed by atoms with van der Waals surface area (Å²) in [7, 11) is 1.60. The smallest absolute Gasteiger partial charge is 0.242 e. The Morgan fingerprint density at radius 3 is 2.68 bits per heavy atom. The topological polar surface area (TPSA) is 85.8 Å². The third-order valence-electron chi connectivity index (χ3n) is 4.81. The number of nitrogens with one attached hydrogen (secondary N) is 1. The van der Waals surface area contributed by atoms with Crippen LogP contribution in [0.4, 0.5) is 0 Å². The largest absolute Gasteiger partial charge is 0.480 e. The maximum atomic E-state index is 6.05. The molecule has 0 saturated heterocycles. The Kier molecular flexibility index (Phi) is 4.12. The van der Waals surface area contributed by atoms with Crippen LogP contribution in [-0.2, 0) is 6.61 Å². The number of hydrogen-bond acceptors (Lipinski definition) is 6. The predicted octanol–water partition coefficient (Wildman–Crippen LogP) is 3.88. The molecule has 140 valence electrons. The van der Waals surface area contributed by atoms with Gasteiger partial charge in [-0.1, -0.05) is 30.3 Å². The van der Waals surface area contributed by atoms with Gasteiger partial charge in [0.05, 0.1) is 18.3 Å². The van der Waals surface area contributed by atoms with Crippen molar-refractivity contribution in [1.29, 1.82) is 0 Å². The third kappa shape index (κ3) is 3.05. The van der Waals surface area contributed by atoms with Crippen LogP contribution in [-0.4, -0.2) is 32.0 Å². The second kappa shape index (κ2) is 6.92. The van der Waals surface area contributed by atoms with E-state index in [2.05, 4.69) is 15.0 Å². The summed E-state index contributed by atoms with van der Waals surface area (Å²) in [5.41, 5.74) is 4.31. The van der Waals surface area contributed by atoms with E-state index in [1.165, 1.54) is 6.33 Å². The molecule has 0 radical (unpaired) electrons. The summed E-state index contributed by atoms with van der Waals surface area (Å²) in [5, 5.41) is 0. The Labute approximate surface area is 161 Å². The van der Waals surface area contributed by atoms with Crippen LogP contribution in [0.2, 0.25) is 0 Å². The molecular weight excluding hydrogens is 354 g/mol. The van der Waals surface area contributed by atoms with Gasteiger partial charge in [0, 0.05) is 12.1 Å². The molecule has 7 nitrogen and oxygen atoms in total. The zero-order chi connectivity index (χ0) is 18.9. The van der Waals surface area contributed by atoms with Crippen molar-refractivity contribution in [3.05, 3.63) is 60.2 Å². The van der Waals surface area contributed by atoms with Gasteiger partial charge in [0.2, 0.25) is 11.8 Å². The quantitative estimate of drug-likeness (QED) is 0.552. The number of fused-ring (bicyclic) bond motifs is 1. The van der Waals surface area contributed by atoms with E-state index in [0.717, 1.165) is 40.7 Å². The number of ether oxygens (including phenoxy) is 2. The van der Waals surface area contributed by atoms with E-state index in [4.69, 9.17) is 19.4 Å². The molecule has 0 atom stereocenters. The molecule has 5 rings (SSSR count). The highest BCUT2D eigenvalue weighted by atomic mass is 16.5. The lowest BCUT2D eigenvalue weighted by Gasteiger charge is -2.12. The van der Waals surface area contributed by atoms with Crippen LogP contribution in [0, 0.1) is 0 Å². The molecule has 7 heteroatoms. The molecule has 1 fully saturated rings. The number of aromatic nitrogens is 5. The first-order chi connectivity index (χ1) is 13.8. The Bertz CT molecular complexity index is 1120. The molecule has 3 aromatic heterocycles. The van der Waals surface area contributed by atoms with E-state index in [0.29, 0.717) is 30.1 Å². The molecule has 1 saturated carbocycles. The SMILES string of the molecule is COc1ncnc(C2CC2)c1-c1nc(OCc2ccccc2)c2[nH]ccc2n1. The fourth-order valence-corrected chi connectivity index (χ4v) is 3.27. The molecule has 1 aliphatic carbocycles. The number of hydrogen-bond donors (Lipinski definition) is 1. The molecule has 0 spiro atoms. The van der Waals surface area contributed by atoms with Crippen molar-refractivity contribution in [3.63, 3.8) is 0 Å². The molecule has 4 aromatic rings. The number of benzene rings is 1. The molecule has 0 amide bonds. The van der Waals surface area contributed by atoms with Crippen molar-refractivity contribution in [2.75, 3.05) is 7.11 Å². The van der Waals surface area contributed by atoms with Gasteiger partial charge in [-0.3, -0.25) is 0 Å². The van der Waals surface area contributed by atoms with Crippen molar-refractivity contribution >= 4 is 11.0 Å². The predicted molar refractivity (Wildman–Crippen MR) is 104 cm³/mol. The van der Waals surface area contributed by atoms with Gasteiger partial charge in [-0.05, 0) is 24.5 Å². The fourth-order valence-electron chi connectivity index (χ4n) is 3.27. The Morgan fingerprint density at radius 1 is 1.04 bits per heavy atom. The van der Waals surface area contributed by atoms with Crippen molar-refractivity contribution in [2.45, 2.75) is 25.4 Å². The lowest BCUT2D eigenvalue weighted by atomic mass is 10.1. The Balaban J connectivity index is 1.60. The average molecular weight is 373 g/mol. The average Bonchev–Trinajstić information content (AvgIpc) is 3.49. The minimum atomic E-state index is 0.408. The molecule has 1 aliphatic rings. The van der Waals surface area contributed by atoms with Crippen molar-refractivity contribution in [2.24, 2.45) is 0 Å². The van der Waals surface area contributed by atoms with Crippen LogP contribution in [0.15, 0.2) is 48.9 Å². The first kappa shape index (κ1) is 16.7. The van der Waals surface area contributed by atoms with E-state index in [-0.39, 0.29) is 0 Å². The molecule has 0 unspecified atom stereocenters.